The van der Waals surface area contributed by atoms with Gasteiger partial charge in [-0.05, 0) is 0 Å². The van der Waals surface area contributed by atoms with E-state index in [1.165, 1.54) is 0 Å². The molecule has 0 bridgehead atoms. The van der Waals surface area contributed by atoms with E-state index in [1.807, 2.05) is 0 Å². The molecule has 0 fully saturated rings. The van der Waals surface area contributed by atoms with Crippen LogP contribution in [0, 0.1) is 4.91 Å². The van der Waals surface area contributed by atoms with Crippen molar-refractivity contribution in [3.05, 3.63) is 4.91 Å². The van der Waals surface area contributed by atoms with Gasteiger partial charge >= 0.3 is 24.4 Å². The first-order chi connectivity index (χ1) is 1.00. The summed E-state index contributed by atoms with van der Waals surface area (Å²) in [4.78, 5) is 7.25. The number of nitroso groups, excluding NO2 is 1. The van der Waals surface area contributed by atoms with Crippen molar-refractivity contribution >= 4 is 24.4 Å². The van der Waals surface area contributed by atoms with E-state index in [-0.39, 0.29) is 98.9 Å². The molecule has 0 aromatic heterocycles. The largest absolute Gasteiger partial charge is 5.00 e. The SMILES string of the molecule is [Cl-].[Cl-].[Cl-].[Cl-].[Cl-].[Cl-].[N]=O.[Sb+5]. The van der Waals surface area contributed by atoms with Gasteiger partial charge in [0, 0.05) is 0 Å². The summed E-state index contributed by atoms with van der Waals surface area (Å²) in [5.41, 5.74) is 5.75. The average Bonchev–Trinajstić information content (AvgIpc) is 1.00. The van der Waals surface area contributed by atoms with Gasteiger partial charge in [-0.3, -0.25) is 0 Å². The fraction of sp³-hybridized carbons (Fsp3) is 0. The topological polar surface area (TPSA) is 39.4 Å². The van der Waals surface area contributed by atoms with Gasteiger partial charge in [0.1, 0.15) is 5.59 Å². The van der Waals surface area contributed by atoms with Crippen LogP contribution in [0.5, 0.6) is 0 Å². The Morgan fingerprint density at radius 1 is 0.556 bits per heavy atom. The smallest absolute Gasteiger partial charge is 1.00 e. The van der Waals surface area contributed by atoms with Crippen LogP contribution in [0.3, 0.4) is 0 Å². The van der Waals surface area contributed by atoms with E-state index >= 15 is 0 Å². The van der Waals surface area contributed by atoms with Crippen molar-refractivity contribution in [2.24, 2.45) is 0 Å². The predicted molar refractivity (Wildman–Crippen MR) is 11.3 cm³/mol. The molecule has 0 aliphatic carbocycles. The van der Waals surface area contributed by atoms with Crippen LogP contribution in [0.2, 0.25) is 0 Å². The first-order valence-corrected chi connectivity index (χ1v) is 0.183. The second kappa shape index (κ2) is 183. The van der Waals surface area contributed by atoms with Gasteiger partial charge in [-0.1, -0.05) is 0 Å². The van der Waals surface area contributed by atoms with Crippen LogP contribution in [0.4, 0.5) is 0 Å². The molecular formula is Cl6NOSb-. The molecule has 0 atom stereocenters. The molecule has 0 unspecified atom stereocenters. The molecule has 0 heterocycles. The van der Waals surface area contributed by atoms with Crippen molar-refractivity contribution in [2.75, 3.05) is 0 Å². The summed E-state index contributed by atoms with van der Waals surface area (Å²) < 4.78 is 0. The van der Waals surface area contributed by atoms with Gasteiger partial charge in [-0.15, -0.1) is 4.91 Å². The molecule has 2 nitrogen and oxygen atoms in total. The minimum absolute atomic E-state index is 0. The molecule has 0 aromatic carbocycles. The van der Waals surface area contributed by atoms with E-state index in [1.54, 1.807) is 0 Å². The van der Waals surface area contributed by atoms with E-state index in [4.69, 9.17) is 10.5 Å². The quantitative estimate of drug-likeness (QED) is 0.394. The molecule has 0 rings (SSSR count). The molecule has 9 heteroatoms. The third-order valence-electron chi connectivity index (χ3n) is 0. The maximum absolute atomic E-state index is 7.25. The zero-order valence-electron chi connectivity index (χ0n) is 3.57. The van der Waals surface area contributed by atoms with Crippen molar-refractivity contribution in [3.63, 3.8) is 0 Å². The van der Waals surface area contributed by atoms with Gasteiger partial charge in [0.25, 0.3) is 0 Å². The van der Waals surface area contributed by atoms with E-state index in [0.717, 1.165) is 0 Å². The molecule has 0 aliphatic heterocycles. The first kappa shape index (κ1) is 115. The molecule has 0 saturated carbocycles. The van der Waals surface area contributed by atoms with Gasteiger partial charge in [0.2, 0.25) is 0 Å². The number of nitrogens with zero attached hydrogens (tertiary/aromatic N) is 1. The summed E-state index contributed by atoms with van der Waals surface area (Å²) in [6.07, 6.45) is 0. The zero-order chi connectivity index (χ0) is 2.00. The fourth-order valence-electron chi connectivity index (χ4n) is 0. The second-order valence-corrected chi connectivity index (χ2v) is 0. The summed E-state index contributed by atoms with van der Waals surface area (Å²) in [7, 11) is 0. The Balaban J connectivity index is -0.000000000238. The van der Waals surface area contributed by atoms with Crippen molar-refractivity contribution < 1.29 is 74.4 Å². The molecule has 9 heavy (non-hydrogen) atoms. The van der Waals surface area contributed by atoms with Crippen LogP contribution in [0.25, 0.3) is 0 Å². The van der Waals surface area contributed by atoms with Crippen LogP contribution < -0.4 is 80.0 Å². The van der Waals surface area contributed by atoms with E-state index in [2.05, 4.69) is 0 Å². The summed E-state index contributed by atoms with van der Waals surface area (Å²) in [6.45, 7) is 0. The van der Waals surface area contributed by atoms with Gasteiger partial charge in [0.05, 0.1) is 0 Å². The average molecular weight is 364 g/mol. The Morgan fingerprint density at radius 2 is 0.556 bits per heavy atom. The number of halogens is 6. The summed E-state index contributed by atoms with van der Waals surface area (Å²) in [5.74, 6) is 0. The maximum Gasteiger partial charge on any atom is 5.00 e. The Morgan fingerprint density at radius 3 is 0.556 bits per heavy atom. The molecule has 0 spiro atoms. The number of rotatable bonds is 0. The predicted octanol–water partition coefficient (Wildman–Crippen LogP) is -18.8. The van der Waals surface area contributed by atoms with E-state index in [0.29, 0.717) is 0 Å². The van der Waals surface area contributed by atoms with Crippen molar-refractivity contribution in [3.8, 4) is 0 Å². The van der Waals surface area contributed by atoms with Gasteiger partial charge < -0.3 is 74.4 Å². The molecule has 0 saturated heterocycles. The molecule has 0 aromatic rings. The third kappa shape index (κ3) is 145. The first-order valence-electron chi connectivity index (χ1n) is 0.183. The normalized spacial score (nSPS) is 0.444. The number of hydrogen-bond acceptors (Lipinski definition) is 1. The van der Waals surface area contributed by atoms with Crippen LogP contribution >= 0.6 is 0 Å². The van der Waals surface area contributed by atoms with Crippen molar-refractivity contribution in [2.45, 2.75) is 0 Å². The zero-order valence-corrected chi connectivity index (χ0v) is 10.7. The fourth-order valence-corrected chi connectivity index (χ4v) is 0. The standard InChI is InChI=1S/6ClH.NO.Sb/c;;;;;;1-2;/h6*1H;;/q;;;;;;;+5/p-6. The van der Waals surface area contributed by atoms with Crippen molar-refractivity contribution in [1.29, 1.82) is 0 Å². The minimum Gasteiger partial charge on any atom is -1.00 e. The summed E-state index contributed by atoms with van der Waals surface area (Å²) >= 11 is 0. The van der Waals surface area contributed by atoms with Gasteiger partial charge in [-0.2, -0.15) is 0 Å². The van der Waals surface area contributed by atoms with Crippen molar-refractivity contribution in [1.82, 2.24) is 5.59 Å². The minimum atomic E-state index is 0. The molecule has 1 radical (unpaired) electrons. The van der Waals surface area contributed by atoms with E-state index < -0.39 is 0 Å². The third-order valence-corrected chi connectivity index (χ3v) is 0. The molecule has 0 amide bonds. The Labute approximate surface area is 108 Å². The Kier molecular flexibility index (Phi) is 2350. The molecule has 59 valence electrons. The van der Waals surface area contributed by atoms with Gasteiger partial charge in [-0.25, -0.2) is 0 Å². The Hall–Kier alpha value is 2.16. The molecule has 0 aliphatic rings. The molecular weight excluding hydrogens is 364 g/mol. The van der Waals surface area contributed by atoms with Crippen LogP contribution in [-0.2, 0) is 0 Å². The second-order valence-electron chi connectivity index (χ2n) is 0. The monoisotopic (exact) mass is 361 g/mol. The van der Waals surface area contributed by atoms with E-state index in [9.17, 15) is 0 Å². The van der Waals surface area contributed by atoms with Crippen LogP contribution in [0.15, 0.2) is 0 Å². The summed E-state index contributed by atoms with van der Waals surface area (Å²) in [5, 5.41) is 0. The Bertz CT molecular complexity index is 13.0. The number of hydrogen-bond donors (Lipinski definition) is 0. The van der Waals surface area contributed by atoms with Crippen LogP contribution in [0.1, 0.15) is 0 Å². The van der Waals surface area contributed by atoms with Crippen LogP contribution in [-0.4, -0.2) is 24.4 Å². The van der Waals surface area contributed by atoms with Gasteiger partial charge in [0.15, 0.2) is 0 Å². The maximum atomic E-state index is 7.25. The molecule has 0 N–H and O–H groups in total. The summed E-state index contributed by atoms with van der Waals surface area (Å²) in [6, 6.07) is 0.